The molecular weight excluding hydrogens is 1000 g/mol. The predicted octanol–water partition coefficient (Wildman–Crippen LogP) is -4.44. The fourth-order valence-electron chi connectivity index (χ4n) is 12.0. The highest BCUT2D eigenvalue weighted by Gasteiger charge is 2.56. The van der Waals surface area contributed by atoms with Crippen molar-refractivity contribution in [3.8, 4) is 0 Å². The minimum absolute atomic E-state index is 0.00154. The number of hydrogen-bond donors (Lipinski definition) is 14. The molecule has 428 valence electrons. The molecule has 0 spiro atoms. The first kappa shape index (κ1) is 58.7. The zero-order valence-corrected chi connectivity index (χ0v) is 41.5. The molecule has 8 rings (SSSR count). The van der Waals surface area contributed by atoms with Gasteiger partial charge in [-0.15, -0.1) is 0 Å². The first-order valence-corrected chi connectivity index (χ1v) is 26.5. The lowest BCUT2D eigenvalue weighted by Gasteiger charge is -2.53. The number of esters is 2. The van der Waals surface area contributed by atoms with Gasteiger partial charge in [0.15, 0.2) is 25.0 Å². The van der Waals surface area contributed by atoms with E-state index in [0.29, 0.717) is 38.5 Å². The van der Waals surface area contributed by atoms with Gasteiger partial charge in [0.05, 0.1) is 74.3 Å². The Kier molecular flexibility index (Phi) is 20.5. The van der Waals surface area contributed by atoms with E-state index in [1.807, 2.05) is 0 Å². The van der Waals surface area contributed by atoms with Gasteiger partial charge in [-0.2, -0.15) is 0 Å². The van der Waals surface area contributed by atoms with Crippen molar-refractivity contribution in [2.45, 2.75) is 231 Å². The summed E-state index contributed by atoms with van der Waals surface area (Å²) in [5, 5.41) is 150. The summed E-state index contributed by atoms with van der Waals surface area (Å²) in [6, 6.07) is 0. The van der Waals surface area contributed by atoms with Gasteiger partial charge in [0.25, 0.3) is 0 Å². The van der Waals surface area contributed by atoms with Gasteiger partial charge in [-0.25, -0.2) is 9.59 Å². The van der Waals surface area contributed by atoms with Crippen LogP contribution < -0.4 is 0 Å². The van der Waals surface area contributed by atoms with Gasteiger partial charge < -0.3 is 114 Å². The summed E-state index contributed by atoms with van der Waals surface area (Å²) in [4.78, 5) is 26.4. The molecule has 0 aromatic rings. The number of fused-ring (bicyclic) bond motifs is 1. The molecule has 14 N–H and O–H groups in total. The maximum absolute atomic E-state index is 13.3. The van der Waals surface area contributed by atoms with Crippen molar-refractivity contribution in [1.82, 2.24) is 0 Å². The zero-order chi connectivity index (χ0) is 53.8. The second-order valence-electron chi connectivity index (χ2n) is 21.8. The Morgan fingerprint density at radius 3 is 1.84 bits per heavy atom. The van der Waals surface area contributed by atoms with E-state index in [1.54, 1.807) is 6.08 Å². The van der Waals surface area contributed by atoms with Crippen LogP contribution in [0.15, 0.2) is 24.3 Å². The van der Waals surface area contributed by atoms with E-state index < -0.39 is 191 Å². The van der Waals surface area contributed by atoms with Gasteiger partial charge in [0.2, 0.25) is 0 Å². The van der Waals surface area contributed by atoms with Gasteiger partial charge in [0, 0.05) is 24.5 Å². The van der Waals surface area contributed by atoms with Gasteiger partial charge in [0.1, 0.15) is 67.6 Å². The molecule has 26 atom stereocenters. The first-order chi connectivity index (χ1) is 35.8. The van der Waals surface area contributed by atoms with Crippen LogP contribution in [-0.2, 0) is 52.2 Å². The normalized spacial score (nSPS) is 49.0. The molecule has 4 aliphatic carbocycles. The number of carbonyl (C=O) groups excluding carboxylic acids is 2. The van der Waals surface area contributed by atoms with Crippen molar-refractivity contribution in [3.63, 3.8) is 0 Å². The third-order valence-electron chi connectivity index (χ3n) is 16.5. The molecule has 8 aliphatic rings. The Morgan fingerprint density at radius 1 is 0.493 bits per heavy atom. The van der Waals surface area contributed by atoms with Gasteiger partial charge in [-0.3, -0.25) is 0 Å². The lowest BCUT2D eigenvalue weighted by atomic mass is 9.72. The molecule has 4 aliphatic heterocycles. The average Bonchev–Trinajstić information content (AvgIpc) is 3.39. The maximum atomic E-state index is 13.3. The van der Waals surface area contributed by atoms with Crippen LogP contribution in [0.3, 0.4) is 0 Å². The largest absolute Gasteiger partial charge is 0.460 e. The Labute approximate surface area is 433 Å². The molecule has 8 fully saturated rings. The monoisotopic (exact) mass is 1080 g/mol. The molecule has 4 heterocycles. The number of aliphatic hydroxyl groups excluding tert-OH is 14. The maximum Gasteiger partial charge on any atom is 0.330 e. The van der Waals surface area contributed by atoms with Crippen LogP contribution in [0.5, 0.6) is 0 Å². The lowest BCUT2D eigenvalue weighted by molar-refractivity contribution is -0.373. The van der Waals surface area contributed by atoms with Crippen LogP contribution in [0.2, 0.25) is 0 Å². The third kappa shape index (κ3) is 14.3. The Hall–Kier alpha value is -2.42. The van der Waals surface area contributed by atoms with E-state index in [2.05, 4.69) is 0 Å². The molecule has 25 nitrogen and oxygen atoms in total. The number of ether oxygens (including phenoxy) is 9. The van der Waals surface area contributed by atoms with E-state index in [-0.39, 0.29) is 56.8 Å². The van der Waals surface area contributed by atoms with Crippen molar-refractivity contribution < 1.29 is 124 Å². The number of carbonyl (C=O) groups is 2. The molecule has 0 aromatic carbocycles. The average molecular weight is 1080 g/mol. The Balaban J connectivity index is 1.06. The second-order valence-corrected chi connectivity index (χ2v) is 21.8. The molecule has 0 aromatic heterocycles. The number of aliphatic hydroxyl groups is 14. The summed E-state index contributed by atoms with van der Waals surface area (Å²) in [7, 11) is 0. The molecular formula is C50H78O25. The van der Waals surface area contributed by atoms with E-state index in [0.717, 1.165) is 6.08 Å². The fourth-order valence-corrected chi connectivity index (χ4v) is 12.0. The van der Waals surface area contributed by atoms with Crippen molar-refractivity contribution in [3.05, 3.63) is 24.3 Å². The van der Waals surface area contributed by atoms with Crippen LogP contribution >= 0.6 is 0 Å². The predicted molar refractivity (Wildman–Crippen MR) is 249 cm³/mol. The molecule has 0 bridgehead atoms. The molecule has 0 radical (unpaired) electrons. The van der Waals surface area contributed by atoms with Crippen LogP contribution in [-0.4, -0.2) is 250 Å². The SMILES string of the molecule is O=C(C=CC1CCC(O)CC1)OCC1OC(OC2CC3C(OC4OC(CO)C(O)C(O)C4O)CC(O)CC3OC2C2CCC(O)C(O)C2)C(OC2OCC(O)C(O)C2OC(=O)C=CC2CCC(O)C(O)C2)C(O)C1O. The number of allylic oxidation sites excluding steroid dienone is 2. The minimum atomic E-state index is -1.97. The summed E-state index contributed by atoms with van der Waals surface area (Å²) in [5.74, 6) is -3.30. The molecule has 4 saturated heterocycles. The summed E-state index contributed by atoms with van der Waals surface area (Å²) in [6.45, 7) is -1.91. The summed E-state index contributed by atoms with van der Waals surface area (Å²) >= 11 is 0. The Morgan fingerprint density at radius 2 is 1.13 bits per heavy atom. The summed E-state index contributed by atoms with van der Waals surface area (Å²) in [6.07, 6.45) is -23.9. The van der Waals surface area contributed by atoms with Crippen LogP contribution in [0.25, 0.3) is 0 Å². The van der Waals surface area contributed by atoms with Crippen LogP contribution in [0.4, 0.5) is 0 Å². The second kappa shape index (κ2) is 26.2. The van der Waals surface area contributed by atoms with E-state index in [9.17, 15) is 81.1 Å². The van der Waals surface area contributed by atoms with Gasteiger partial charge in [-0.1, -0.05) is 12.2 Å². The highest BCUT2D eigenvalue weighted by atomic mass is 16.8. The fraction of sp³-hybridized carbons (Fsp3) is 0.880. The Bertz CT molecular complexity index is 1890. The van der Waals surface area contributed by atoms with Crippen LogP contribution in [0.1, 0.15) is 83.5 Å². The standard InChI is InChI=1S/C50H78O25/c51-18-35-40(62)42(64)44(66)48(72-35)70-33-16-25(53)15-32-26(33)17-34(45(69-32)23-6-10-28(55)30(57)14-23)71-50-47(43(65)41(63)36(73-50)20-67-37(59)11-4-21-1-7-24(52)8-2-21)75-49-46(39(61)31(58)19-68-49)74-38(60)12-5-22-3-9-27(54)29(56)13-22/h4-5,11-12,21-36,39-58,61-66H,1-3,6-10,13-20H2. The van der Waals surface area contributed by atoms with Gasteiger partial charge >= 0.3 is 11.9 Å². The highest BCUT2D eigenvalue weighted by Crippen LogP contribution is 2.45. The topological polar surface area (TPSA) is 400 Å². The summed E-state index contributed by atoms with van der Waals surface area (Å²) < 4.78 is 55.0. The van der Waals surface area contributed by atoms with Crippen LogP contribution in [0, 0.1) is 23.7 Å². The molecule has 4 saturated carbocycles. The molecule has 25 heteroatoms. The van der Waals surface area contributed by atoms with Crippen molar-refractivity contribution >= 4 is 11.9 Å². The molecule has 26 unspecified atom stereocenters. The molecule has 75 heavy (non-hydrogen) atoms. The first-order valence-electron chi connectivity index (χ1n) is 26.5. The quantitative estimate of drug-likeness (QED) is 0.0543. The lowest BCUT2D eigenvalue weighted by Crippen LogP contribution is -2.65. The van der Waals surface area contributed by atoms with E-state index in [4.69, 9.17) is 42.6 Å². The number of rotatable bonds is 15. The number of hydrogen-bond acceptors (Lipinski definition) is 25. The highest BCUT2D eigenvalue weighted by molar-refractivity contribution is 5.82. The van der Waals surface area contributed by atoms with Crippen molar-refractivity contribution in [1.29, 1.82) is 0 Å². The van der Waals surface area contributed by atoms with Gasteiger partial charge in [-0.05, 0) is 94.8 Å². The van der Waals surface area contributed by atoms with E-state index in [1.165, 1.54) is 12.2 Å². The van der Waals surface area contributed by atoms with Crippen molar-refractivity contribution in [2.75, 3.05) is 19.8 Å². The van der Waals surface area contributed by atoms with E-state index >= 15 is 0 Å². The molecule has 0 amide bonds. The minimum Gasteiger partial charge on any atom is -0.460 e. The van der Waals surface area contributed by atoms with Crippen molar-refractivity contribution in [2.24, 2.45) is 23.7 Å². The smallest absolute Gasteiger partial charge is 0.330 e. The summed E-state index contributed by atoms with van der Waals surface area (Å²) in [5.41, 5.74) is 0. The zero-order valence-electron chi connectivity index (χ0n) is 41.5. The third-order valence-corrected chi connectivity index (χ3v) is 16.5.